The van der Waals surface area contributed by atoms with Crippen LogP contribution in [0.15, 0.2) is 67.8 Å². The standard InChI is InChI=1S/C26H39BN4.2C2H6/c1-7-14-27(8-2)26(17-20(3)4)31-21(5)24(18-23-12-10-9-11-13-23)30-22(6)25-19-28-15-16-29-25;2*1-2/h9-13,15-16,19-20,24,26,30-31H,5-8,14,17-18H2,1-4H3;2*1-2H3. The summed E-state index contributed by atoms with van der Waals surface area (Å²) in [6.07, 6.45) is 10.7. The van der Waals surface area contributed by atoms with Gasteiger partial charge < -0.3 is 10.6 Å². The van der Waals surface area contributed by atoms with Crippen LogP contribution in [-0.4, -0.2) is 28.7 Å². The summed E-state index contributed by atoms with van der Waals surface area (Å²) >= 11 is 0. The van der Waals surface area contributed by atoms with Crippen LogP contribution in [0, 0.1) is 5.92 Å². The third-order valence-corrected chi connectivity index (χ3v) is 5.77. The zero-order valence-electron chi connectivity index (χ0n) is 23.8. The highest BCUT2D eigenvalue weighted by Crippen LogP contribution is 2.19. The van der Waals surface area contributed by atoms with E-state index in [1.165, 1.54) is 24.6 Å². The monoisotopic (exact) mass is 478 g/mol. The summed E-state index contributed by atoms with van der Waals surface area (Å²) in [5.41, 5.74) is 3.78. The summed E-state index contributed by atoms with van der Waals surface area (Å²) in [4.78, 5) is 8.57. The van der Waals surface area contributed by atoms with Crippen molar-refractivity contribution < 1.29 is 0 Å². The molecule has 2 aromatic rings. The normalized spacial score (nSPS) is 11.7. The quantitative estimate of drug-likeness (QED) is 0.273. The molecule has 35 heavy (non-hydrogen) atoms. The van der Waals surface area contributed by atoms with E-state index in [1.807, 2.05) is 33.8 Å². The minimum atomic E-state index is 0.00528. The van der Waals surface area contributed by atoms with Gasteiger partial charge in [-0.25, -0.2) is 0 Å². The van der Waals surface area contributed by atoms with Crippen molar-refractivity contribution in [3.8, 4) is 0 Å². The van der Waals surface area contributed by atoms with E-state index in [4.69, 9.17) is 0 Å². The van der Waals surface area contributed by atoms with Crippen LogP contribution in [0.25, 0.3) is 5.70 Å². The molecule has 1 aromatic heterocycles. The van der Waals surface area contributed by atoms with E-state index in [1.54, 1.807) is 18.6 Å². The summed E-state index contributed by atoms with van der Waals surface area (Å²) in [5.74, 6) is 1.05. The van der Waals surface area contributed by atoms with Gasteiger partial charge in [0, 0.05) is 24.0 Å². The van der Waals surface area contributed by atoms with Crippen molar-refractivity contribution in [2.24, 2.45) is 5.92 Å². The fraction of sp³-hybridized carbons (Fsp3) is 0.533. The van der Waals surface area contributed by atoms with Crippen molar-refractivity contribution in [2.45, 2.75) is 99.3 Å². The van der Waals surface area contributed by atoms with Gasteiger partial charge in [-0.3, -0.25) is 9.97 Å². The van der Waals surface area contributed by atoms with Crippen LogP contribution in [0.2, 0.25) is 12.6 Å². The van der Waals surface area contributed by atoms with Crippen LogP contribution in [0.1, 0.15) is 79.5 Å². The van der Waals surface area contributed by atoms with Gasteiger partial charge in [-0.2, -0.15) is 0 Å². The fourth-order valence-electron chi connectivity index (χ4n) is 4.13. The predicted molar refractivity (Wildman–Crippen MR) is 158 cm³/mol. The number of aromatic nitrogens is 2. The lowest BCUT2D eigenvalue weighted by Gasteiger charge is -2.32. The van der Waals surface area contributed by atoms with Crippen LogP contribution in [0.3, 0.4) is 0 Å². The summed E-state index contributed by atoms with van der Waals surface area (Å²) in [6, 6.07) is 10.5. The first kappa shape index (κ1) is 32.4. The molecule has 0 aliphatic rings. The highest BCUT2D eigenvalue weighted by molar-refractivity contribution is 6.60. The molecule has 0 radical (unpaired) electrons. The van der Waals surface area contributed by atoms with Crippen LogP contribution in [-0.2, 0) is 6.42 Å². The average Bonchev–Trinajstić information content (AvgIpc) is 2.89. The number of hydrogen-bond donors (Lipinski definition) is 2. The summed E-state index contributed by atoms with van der Waals surface area (Å²) in [7, 11) is 0. The van der Waals surface area contributed by atoms with E-state index in [2.05, 4.69) is 85.7 Å². The van der Waals surface area contributed by atoms with E-state index in [0.717, 1.165) is 29.9 Å². The Balaban J connectivity index is 0.00000274. The van der Waals surface area contributed by atoms with Crippen LogP contribution >= 0.6 is 0 Å². The molecular weight excluding hydrogens is 427 g/mol. The molecule has 2 atom stereocenters. The Morgan fingerprint density at radius 1 is 0.971 bits per heavy atom. The zero-order valence-corrected chi connectivity index (χ0v) is 23.8. The maximum Gasteiger partial charge on any atom is 0.166 e. The SMILES string of the molecule is C=C(NC(Cc1ccccc1)C(=C)NC(CC(C)C)B(CC)CCC)c1cnccn1.CC.CC. The minimum absolute atomic E-state index is 0.00528. The summed E-state index contributed by atoms with van der Waals surface area (Å²) < 4.78 is 0. The number of rotatable bonds is 14. The molecule has 0 fully saturated rings. The van der Waals surface area contributed by atoms with E-state index < -0.39 is 0 Å². The lowest BCUT2D eigenvalue weighted by Crippen LogP contribution is -2.47. The molecule has 2 N–H and O–H groups in total. The Labute approximate surface area is 217 Å². The van der Waals surface area contributed by atoms with Crippen LogP contribution in [0.5, 0.6) is 0 Å². The molecule has 2 unspecified atom stereocenters. The molecule has 0 saturated carbocycles. The van der Waals surface area contributed by atoms with Crippen molar-refractivity contribution in [1.29, 1.82) is 0 Å². The predicted octanol–water partition coefficient (Wildman–Crippen LogP) is 7.68. The molecule has 0 amide bonds. The van der Waals surface area contributed by atoms with Crippen molar-refractivity contribution >= 4 is 12.4 Å². The second kappa shape index (κ2) is 19.7. The van der Waals surface area contributed by atoms with Crippen LogP contribution < -0.4 is 10.6 Å². The van der Waals surface area contributed by atoms with Gasteiger partial charge in [0.15, 0.2) is 6.71 Å². The first-order valence-corrected chi connectivity index (χ1v) is 13.7. The molecule has 1 heterocycles. The topological polar surface area (TPSA) is 49.8 Å². The minimum Gasteiger partial charge on any atom is -0.392 e. The van der Waals surface area contributed by atoms with Gasteiger partial charge in [0.05, 0.1) is 17.9 Å². The first-order valence-electron chi connectivity index (χ1n) is 13.7. The van der Waals surface area contributed by atoms with Crippen LogP contribution in [0.4, 0.5) is 0 Å². The second-order valence-electron chi connectivity index (χ2n) is 8.82. The van der Waals surface area contributed by atoms with E-state index in [0.29, 0.717) is 18.6 Å². The zero-order chi connectivity index (χ0) is 26.6. The fourth-order valence-corrected chi connectivity index (χ4v) is 4.13. The van der Waals surface area contributed by atoms with Gasteiger partial charge in [-0.05, 0) is 24.3 Å². The van der Waals surface area contributed by atoms with Crippen molar-refractivity contribution in [3.05, 3.63) is 79.0 Å². The van der Waals surface area contributed by atoms with Gasteiger partial charge >= 0.3 is 0 Å². The molecule has 0 saturated heterocycles. The lowest BCUT2D eigenvalue weighted by molar-refractivity contribution is 0.499. The smallest absolute Gasteiger partial charge is 0.166 e. The number of nitrogens with zero attached hydrogens (tertiary/aromatic N) is 2. The molecule has 4 nitrogen and oxygen atoms in total. The Hall–Kier alpha value is -2.56. The molecule has 2 rings (SSSR count). The first-order chi connectivity index (χ1) is 16.9. The largest absolute Gasteiger partial charge is 0.392 e. The van der Waals surface area contributed by atoms with Gasteiger partial charge in [0.2, 0.25) is 0 Å². The van der Waals surface area contributed by atoms with Crippen molar-refractivity contribution in [3.63, 3.8) is 0 Å². The molecule has 0 aliphatic carbocycles. The number of benzene rings is 1. The molecule has 0 aliphatic heterocycles. The average molecular weight is 479 g/mol. The second-order valence-corrected chi connectivity index (χ2v) is 8.82. The molecule has 194 valence electrons. The van der Waals surface area contributed by atoms with E-state index in [-0.39, 0.29) is 6.04 Å². The van der Waals surface area contributed by atoms with E-state index in [9.17, 15) is 0 Å². The van der Waals surface area contributed by atoms with E-state index >= 15 is 0 Å². The molecule has 5 heteroatoms. The Morgan fingerprint density at radius 2 is 1.63 bits per heavy atom. The Bertz CT molecular complexity index is 793. The molecular formula is C30H51BN4. The molecule has 1 aromatic carbocycles. The highest BCUT2D eigenvalue weighted by atomic mass is 15.0. The summed E-state index contributed by atoms with van der Waals surface area (Å²) in [6.45, 7) is 26.5. The summed E-state index contributed by atoms with van der Waals surface area (Å²) in [5, 5.41) is 7.40. The molecule has 0 bridgehead atoms. The Morgan fingerprint density at radius 3 is 2.14 bits per heavy atom. The van der Waals surface area contributed by atoms with Crippen molar-refractivity contribution in [2.75, 3.05) is 0 Å². The number of nitrogens with one attached hydrogen (secondary N) is 2. The van der Waals surface area contributed by atoms with Gasteiger partial charge in [-0.1, -0.05) is 118 Å². The third kappa shape index (κ3) is 12.6. The van der Waals surface area contributed by atoms with Gasteiger partial charge in [-0.15, -0.1) is 0 Å². The van der Waals surface area contributed by atoms with Crippen molar-refractivity contribution in [1.82, 2.24) is 20.6 Å². The third-order valence-electron chi connectivity index (χ3n) is 5.77. The van der Waals surface area contributed by atoms with Gasteiger partial charge in [0.1, 0.15) is 5.69 Å². The lowest BCUT2D eigenvalue weighted by atomic mass is 9.38. The Kier molecular flexibility index (Phi) is 18.3. The maximum atomic E-state index is 4.47. The maximum absolute atomic E-state index is 4.47. The highest BCUT2D eigenvalue weighted by Gasteiger charge is 2.26. The van der Waals surface area contributed by atoms with Gasteiger partial charge in [0.25, 0.3) is 0 Å². The molecule has 0 spiro atoms. The number of hydrogen-bond acceptors (Lipinski definition) is 4.